The maximum Gasteiger partial charge on any atom is -0.0325 e. The first-order valence-electron chi connectivity index (χ1n) is 8.55. The van der Waals surface area contributed by atoms with Gasteiger partial charge < -0.3 is 0 Å². The fraction of sp³-hybridized carbons (Fsp3) is 0.789. The van der Waals surface area contributed by atoms with Crippen LogP contribution >= 0.6 is 0 Å². The quantitative estimate of drug-likeness (QED) is 0.503. The van der Waals surface area contributed by atoms with Crippen LogP contribution in [0.5, 0.6) is 0 Å². The minimum absolute atomic E-state index is 0.956. The Morgan fingerprint density at radius 1 is 0.684 bits per heavy atom. The van der Waals surface area contributed by atoms with Crippen molar-refractivity contribution in [3.8, 4) is 0 Å². The zero-order valence-electron chi connectivity index (χ0n) is 12.7. The van der Waals surface area contributed by atoms with Crippen LogP contribution in [-0.2, 0) is 0 Å². The van der Waals surface area contributed by atoms with Crippen molar-refractivity contribution in [1.29, 1.82) is 0 Å². The maximum absolute atomic E-state index is 3.89. The standard InChI is InChI=1S/C19H32/c1-3-5-7-17-10-14-19(15-11-17)18-12-8-16(6-4-2)9-13-18/h3-4,16-19H,1-2,5-15H2. The third-order valence-electron chi connectivity index (χ3n) is 5.73. The van der Waals surface area contributed by atoms with Gasteiger partial charge in [-0.25, -0.2) is 0 Å². The summed E-state index contributed by atoms with van der Waals surface area (Å²) in [6.45, 7) is 7.74. The first-order valence-corrected chi connectivity index (χ1v) is 8.55. The summed E-state index contributed by atoms with van der Waals surface area (Å²) in [6, 6.07) is 0. The third-order valence-corrected chi connectivity index (χ3v) is 5.73. The smallest absolute Gasteiger partial charge is 0.0325 e. The molecule has 0 aromatic carbocycles. The van der Waals surface area contributed by atoms with Crippen LogP contribution < -0.4 is 0 Å². The molecule has 0 saturated heterocycles. The lowest BCUT2D eigenvalue weighted by Gasteiger charge is -2.37. The van der Waals surface area contributed by atoms with E-state index >= 15 is 0 Å². The van der Waals surface area contributed by atoms with Gasteiger partial charge in [-0.15, -0.1) is 13.2 Å². The average molecular weight is 260 g/mol. The Morgan fingerprint density at radius 3 is 1.68 bits per heavy atom. The molecule has 0 bridgehead atoms. The van der Waals surface area contributed by atoms with Crippen molar-refractivity contribution in [2.75, 3.05) is 0 Å². The summed E-state index contributed by atoms with van der Waals surface area (Å²) < 4.78 is 0. The van der Waals surface area contributed by atoms with E-state index in [-0.39, 0.29) is 0 Å². The average Bonchev–Trinajstić information content (AvgIpc) is 2.47. The second kappa shape index (κ2) is 7.92. The van der Waals surface area contributed by atoms with E-state index in [0.717, 1.165) is 23.7 Å². The van der Waals surface area contributed by atoms with Gasteiger partial charge in [-0.1, -0.05) is 25.0 Å². The van der Waals surface area contributed by atoms with E-state index in [1.165, 1.54) is 70.6 Å². The van der Waals surface area contributed by atoms with Crippen molar-refractivity contribution in [2.45, 2.75) is 70.6 Å². The molecule has 2 rings (SSSR count). The van der Waals surface area contributed by atoms with E-state index < -0.39 is 0 Å². The van der Waals surface area contributed by atoms with Crippen LogP contribution in [-0.4, -0.2) is 0 Å². The van der Waals surface area contributed by atoms with Crippen LogP contribution in [0.3, 0.4) is 0 Å². The minimum atomic E-state index is 0.956. The van der Waals surface area contributed by atoms with Crippen molar-refractivity contribution in [3.05, 3.63) is 25.3 Å². The SMILES string of the molecule is C=CCCC1CCC(C2CCC(CC=C)CC2)CC1. The summed E-state index contributed by atoms with van der Waals surface area (Å²) in [5, 5.41) is 0. The molecule has 0 atom stereocenters. The number of hydrogen-bond donors (Lipinski definition) is 0. The van der Waals surface area contributed by atoms with Crippen LogP contribution in [0.15, 0.2) is 25.3 Å². The van der Waals surface area contributed by atoms with Gasteiger partial charge in [0.1, 0.15) is 0 Å². The molecule has 0 aromatic rings. The van der Waals surface area contributed by atoms with Gasteiger partial charge in [-0.05, 0) is 81.5 Å². The molecule has 0 radical (unpaired) electrons. The van der Waals surface area contributed by atoms with Gasteiger partial charge in [0.15, 0.2) is 0 Å². The monoisotopic (exact) mass is 260 g/mol. The van der Waals surface area contributed by atoms with Crippen molar-refractivity contribution in [1.82, 2.24) is 0 Å². The summed E-state index contributed by atoms with van der Waals surface area (Å²) in [5.41, 5.74) is 0. The summed E-state index contributed by atoms with van der Waals surface area (Å²) in [6.07, 6.45) is 20.0. The van der Waals surface area contributed by atoms with Crippen LogP contribution in [0, 0.1) is 23.7 Å². The highest BCUT2D eigenvalue weighted by molar-refractivity contribution is 4.84. The van der Waals surface area contributed by atoms with Gasteiger partial charge >= 0.3 is 0 Å². The van der Waals surface area contributed by atoms with Crippen molar-refractivity contribution >= 4 is 0 Å². The lowest BCUT2D eigenvalue weighted by atomic mass is 9.68. The van der Waals surface area contributed by atoms with E-state index in [9.17, 15) is 0 Å². The van der Waals surface area contributed by atoms with E-state index in [1.54, 1.807) is 0 Å². The number of allylic oxidation sites excluding steroid dienone is 2. The molecular weight excluding hydrogens is 228 g/mol. The van der Waals surface area contributed by atoms with Gasteiger partial charge in [-0.3, -0.25) is 0 Å². The second-order valence-corrected chi connectivity index (χ2v) is 6.95. The molecule has 2 aliphatic carbocycles. The molecule has 2 fully saturated rings. The molecule has 0 unspecified atom stereocenters. The highest BCUT2D eigenvalue weighted by Gasteiger charge is 2.30. The molecular formula is C19H32. The molecule has 2 saturated carbocycles. The van der Waals surface area contributed by atoms with Gasteiger partial charge in [0.2, 0.25) is 0 Å². The molecule has 0 nitrogen and oxygen atoms in total. The Kier molecular flexibility index (Phi) is 6.20. The lowest BCUT2D eigenvalue weighted by molar-refractivity contribution is 0.144. The first kappa shape index (κ1) is 14.9. The Labute approximate surface area is 120 Å². The normalized spacial score (nSPS) is 35.8. The molecule has 0 spiro atoms. The first-order chi connectivity index (χ1) is 9.33. The van der Waals surface area contributed by atoms with Gasteiger partial charge in [0.25, 0.3) is 0 Å². The summed E-state index contributed by atoms with van der Waals surface area (Å²) in [7, 11) is 0. The Morgan fingerprint density at radius 2 is 1.21 bits per heavy atom. The van der Waals surface area contributed by atoms with E-state index in [4.69, 9.17) is 0 Å². The minimum Gasteiger partial charge on any atom is -0.103 e. The van der Waals surface area contributed by atoms with Gasteiger partial charge in [-0.2, -0.15) is 0 Å². The van der Waals surface area contributed by atoms with E-state index in [0.29, 0.717) is 0 Å². The number of rotatable bonds is 6. The summed E-state index contributed by atoms with van der Waals surface area (Å²) >= 11 is 0. The molecule has 2 aliphatic rings. The molecule has 108 valence electrons. The topological polar surface area (TPSA) is 0 Å². The Bertz CT molecular complexity index is 262. The van der Waals surface area contributed by atoms with Crippen LogP contribution in [0.2, 0.25) is 0 Å². The largest absolute Gasteiger partial charge is 0.103 e. The van der Waals surface area contributed by atoms with Crippen LogP contribution in [0.1, 0.15) is 70.6 Å². The Hall–Kier alpha value is -0.520. The van der Waals surface area contributed by atoms with E-state index in [1.807, 2.05) is 0 Å². The summed E-state index contributed by atoms with van der Waals surface area (Å²) in [4.78, 5) is 0. The molecule has 0 heteroatoms. The Balaban J connectivity index is 1.67. The highest BCUT2D eigenvalue weighted by Crippen LogP contribution is 2.42. The predicted octanol–water partition coefficient (Wildman–Crippen LogP) is 6.14. The second-order valence-electron chi connectivity index (χ2n) is 6.95. The fourth-order valence-corrected chi connectivity index (χ4v) is 4.43. The third kappa shape index (κ3) is 4.51. The molecule has 0 amide bonds. The van der Waals surface area contributed by atoms with Crippen molar-refractivity contribution in [3.63, 3.8) is 0 Å². The summed E-state index contributed by atoms with van der Waals surface area (Å²) in [5.74, 6) is 4.08. The number of hydrogen-bond acceptors (Lipinski definition) is 0. The van der Waals surface area contributed by atoms with Crippen LogP contribution in [0.25, 0.3) is 0 Å². The maximum atomic E-state index is 3.89. The highest BCUT2D eigenvalue weighted by atomic mass is 14.4. The molecule has 0 N–H and O–H groups in total. The molecule has 19 heavy (non-hydrogen) atoms. The van der Waals surface area contributed by atoms with Crippen LogP contribution in [0.4, 0.5) is 0 Å². The predicted molar refractivity (Wildman–Crippen MR) is 85.1 cm³/mol. The molecule has 0 heterocycles. The zero-order chi connectivity index (χ0) is 13.5. The van der Waals surface area contributed by atoms with E-state index in [2.05, 4.69) is 25.3 Å². The van der Waals surface area contributed by atoms with Crippen molar-refractivity contribution < 1.29 is 0 Å². The van der Waals surface area contributed by atoms with Gasteiger partial charge in [0, 0.05) is 0 Å². The molecule has 0 aliphatic heterocycles. The zero-order valence-corrected chi connectivity index (χ0v) is 12.7. The lowest BCUT2D eigenvalue weighted by Crippen LogP contribution is -2.25. The van der Waals surface area contributed by atoms with Gasteiger partial charge in [0.05, 0.1) is 0 Å². The molecule has 0 aromatic heterocycles. The fourth-order valence-electron chi connectivity index (χ4n) is 4.43. The van der Waals surface area contributed by atoms with Crippen molar-refractivity contribution in [2.24, 2.45) is 23.7 Å².